The molecule has 2 atom stereocenters. The first-order chi connectivity index (χ1) is 18.6. The molecule has 0 aromatic heterocycles. The third kappa shape index (κ3) is 4.83. The molecule has 2 unspecified atom stereocenters. The van der Waals surface area contributed by atoms with Crippen LogP contribution >= 0.6 is 0 Å². The fourth-order valence-corrected chi connectivity index (χ4v) is 7.63. The van der Waals surface area contributed by atoms with Crippen molar-refractivity contribution in [1.82, 2.24) is 0 Å². The van der Waals surface area contributed by atoms with E-state index in [1.807, 2.05) is 12.2 Å². The molecule has 4 N–H and O–H groups in total. The van der Waals surface area contributed by atoms with Crippen LogP contribution in [0.25, 0.3) is 21.5 Å². The maximum atomic E-state index is 11.5. The van der Waals surface area contributed by atoms with E-state index in [0.717, 1.165) is 0 Å². The van der Waals surface area contributed by atoms with Crippen LogP contribution in [-0.4, -0.2) is 51.3 Å². The standard InChI is InChI=1S/C30H38O8Si2/c1-35-23-11-15(37-39(3,4)5)9-21-25(23)29(33)19-14-20-18(13-17(19)27(21)31)28(32)22-10-16(38-40(6,7)8)12-24(36-2)26(22)30(20)34/h11-14,23-24,31-34H,9-10H2,1-8H3. The molecule has 0 aliphatic heterocycles. The first kappa shape index (κ1) is 28.3. The van der Waals surface area contributed by atoms with E-state index in [4.69, 9.17) is 18.3 Å². The molecule has 3 aromatic carbocycles. The average Bonchev–Trinajstić information content (AvgIpc) is 2.86. The molecule has 0 amide bonds. The van der Waals surface area contributed by atoms with Crippen molar-refractivity contribution in [2.75, 3.05) is 14.2 Å². The number of ether oxygens (including phenoxy) is 2. The normalized spacial score (nSPS) is 19.2. The maximum absolute atomic E-state index is 11.5. The van der Waals surface area contributed by atoms with E-state index < -0.39 is 28.8 Å². The van der Waals surface area contributed by atoms with Crippen LogP contribution in [0.15, 0.2) is 35.8 Å². The number of hydrogen-bond acceptors (Lipinski definition) is 8. The summed E-state index contributed by atoms with van der Waals surface area (Å²) in [6, 6.07) is 3.22. The van der Waals surface area contributed by atoms with Gasteiger partial charge in [-0.2, -0.15) is 0 Å². The van der Waals surface area contributed by atoms with Crippen LogP contribution in [0.4, 0.5) is 0 Å². The first-order valence-electron chi connectivity index (χ1n) is 13.4. The Kier molecular flexibility index (Phi) is 6.89. The van der Waals surface area contributed by atoms with Crippen LogP contribution in [0, 0.1) is 0 Å². The molecular weight excluding hydrogens is 544 g/mol. The van der Waals surface area contributed by atoms with Gasteiger partial charge in [0, 0.05) is 70.9 Å². The molecule has 40 heavy (non-hydrogen) atoms. The number of methoxy groups -OCH3 is 2. The molecule has 0 fully saturated rings. The van der Waals surface area contributed by atoms with Crippen molar-refractivity contribution in [3.8, 4) is 23.0 Å². The van der Waals surface area contributed by atoms with Crippen LogP contribution in [0.2, 0.25) is 39.3 Å². The Bertz CT molecular complexity index is 1480. The highest BCUT2D eigenvalue weighted by atomic mass is 28.4. The molecule has 2 aliphatic rings. The predicted molar refractivity (Wildman–Crippen MR) is 160 cm³/mol. The highest BCUT2D eigenvalue weighted by molar-refractivity contribution is 6.70. The lowest BCUT2D eigenvalue weighted by molar-refractivity contribution is 0.133. The Morgan fingerprint density at radius 2 is 0.900 bits per heavy atom. The molecule has 5 rings (SSSR count). The zero-order chi connectivity index (χ0) is 29.3. The second-order valence-corrected chi connectivity index (χ2v) is 21.3. The SMILES string of the molecule is COC1C=C(O[Si](C)(C)C)Cc2c1c(O)c1cc3c(O)c4c(c(O)c3cc1c2O)CC(O[Si](C)(C)C)=CC4OC. The second kappa shape index (κ2) is 9.72. The molecule has 0 saturated carbocycles. The monoisotopic (exact) mass is 582 g/mol. The van der Waals surface area contributed by atoms with E-state index in [1.54, 1.807) is 12.1 Å². The molecule has 0 radical (unpaired) electrons. The smallest absolute Gasteiger partial charge is 0.241 e. The zero-order valence-electron chi connectivity index (χ0n) is 24.3. The van der Waals surface area contributed by atoms with Crippen molar-refractivity contribution in [2.24, 2.45) is 0 Å². The van der Waals surface area contributed by atoms with Crippen LogP contribution in [0.5, 0.6) is 23.0 Å². The van der Waals surface area contributed by atoms with Gasteiger partial charge >= 0.3 is 0 Å². The van der Waals surface area contributed by atoms with Gasteiger partial charge in [0.15, 0.2) is 0 Å². The number of allylic oxidation sites excluding steroid dienone is 2. The fraction of sp³-hybridized carbons (Fsp3) is 0.400. The molecule has 3 aromatic rings. The summed E-state index contributed by atoms with van der Waals surface area (Å²) in [5.74, 6) is 1.23. The van der Waals surface area contributed by atoms with E-state index in [-0.39, 0.29) is 23.0 Å². The molecule has 214 valence electrons. The van der Waals surface area contributed by atoms with Crippen molar-refractivity contribution >= 4 is 38.2 Å². The predicted octanol–water partition coefficient (Wildman–Crippen LogP) is 6.77. The number of benzene rings is 3. The van der Waals surface area contributed by atoms with E-state index in [1.165, 1.54) is 14.2 Å². The number of phenols is 4. The molecule has 0 spiro atoms. The number of aromatic hydroxyl groups is 4. The van der Waals surface area contributed by atoms with Crippen LogP contribution in [0.3, 0.4) is 0 Å². The quantitative estimate of drug-likeness (QED) is 0.143. The van der Waals surface area contributed by atoms with Gasteiger partial charge in [-0.1, -0.05) is 0 Å². The van der Waals surface area contributed by atoms with Crippen molar-refractivity contribution in [3.63, 3.8) is 0 Å². The summed E-state index contributed by atoms with van der Waals surface area (Å²) in [7, 11) is -0.797. The van der Waals surface area contributed by atoms with Crippen molar-refractivity contribution < 1.29 is 38.8 Å². The van der Waals surface area contributed by atoms with Crippen molar-refractivity contribution in [2.45, 2.75) is 64.3 Å². The zero-order valence-corrected chi connectivity index (χ0v) is 26.3. The Balaban J connectivity index is 1.74. The van der Waals surface area contributed by atoms with Gasteiger partial charge < -0.3 is 38.8 Å². The minimum Gasteiger partial charge on any atom is -0.547 e. The largest absolute Gasteiger partial charge is 0.547 e. The van der Waals surface area contributed by atoms with E-state index in [2.05, 4.69) is 39.3 Å². The van der Waals surface area contributed by atoms with Gasteiger partial charge in [-0.15, -0.1) is 0 Å². The van der Waals surface area contributed by atoms with Gasteiger partial charge in [0.2, 0.25) is 16.6 Å². The van der Waals surface area contributed by atoms with Gasteiger partial charge in [-0.25, -0.2) is 0 Å². The number of rotatable bonds is 6. The summed E-state index contributed by atoms with van der Waals surface area (Å²) in [6.45, 7) is 12.5. The van der Waals surface area contributed by atoms with Crippen molar-refractivity contribution in [3.05, 3.63) is 58.1 Å². The Labute approximate surface area is 236 Å². The molecule has 8 nitrogen and oxygen atoms in total. The summed E-state index contributed by atoms with van der Waals surface area (Å²) >= 11 is 0. The van der Waals surface area contributed by atoms with Crippen LogP contribution < -0.4 is 0 Å². The highest BCUT2D eigenvalue weighted by Gasteiger charge is 2.34. The van der Waals surface area contributed by atoms with Gasteiger partial charge in [-0.3, -0.25) is 0 Å². The van der Waals surface area contributed by atoms with Gasteiger partial charge in [0.1, 0.15) is 35.2 Å². The fourth-order valence-electron chi connectivity index (χ4n) is 5.78. The lowest BCUT2D eigenvalue weighted by atomic mass is 9.85. The lowest BCUT2D eigenvalue weighted by Gasteiger charge is -2.31. The van der Waals surface area contributed by atoms with Gasteiger partial charge in [-0.05, 0) is 63.6 Å². The van der Waals surface area contributed by atoms with Crippen molar-refractivity contribution in [1.29, 1.82) is 0 Å². The minimum absolute atomic E-state index is 0.0226. The van der Waals surface area contributed by atoms with Gasteiger partial charge in [0.25, 0.3) is 0 Å². The summed E-state index contributed by atoms with van der Waals surface area (Å²) in [6.07, 6.45) is 3.01. The van der Waals surface area contributed by atoms with E-state index in [0.29, 0.717) is 68.2 Å². The molecule has 2 aliphatic carbocycles. The topological polar surface area (TPSA) is 118 Å². The average molecular weight is 583 g/mol. The van der Waals surface area contributed by atoms with E-state index >= 15 is 0 Å². The summed E-state index contributed by atoms with van der Waals surface area (Å²) in [5.41, 5.74) is 1.95. The molecule has 10 heteroatoms. The van der Waals surface area contributed by atoms with Crippen LogP contribution in [0.1, 0.15) is 34.5 Å². The molecule has 0 bridgehead atoms. The maximum Gasteiger partial charge on any atom is 0.241 e. The number of phenolic OH excluding ortho intramolecular Hbond substituents is 4. The third-order valence-electron chi connectivity index (χ3n) is 7.24. The number of hydrogen-bond donors (Lipinski definition) is 4. The number of fused-ring (bicyclic) bond motifs is 4. The summed E-state index contributed by atoms with van der Waals surface area (Å²) < 4.78 is 23.9. The third-order valence-corrected chi connectivity index (χ3v) is 8.99. The lowest BCUT2D eigenvalue weighted by Crippen LogP contribution is -2.27. The van der Waals surface area contributed by atoms with Crippen LogP contribution in [-0.2, 0) is 31.2 Å². The second-order valence-electron chi connectivity index (χ2n) is 12.5. The molecular formula is C30H38O8Si2. The Morgan fingerprint density at radius 1 is 0.575 bits per heavy atom. The summed E-state index contributed by atoms with van der Waals surface area (Å²) in [5, 5.41) is 47.4. The Hall–Kier alpha value is -3.19. The highest BCUT2D eigenvalue weighted by Crippen LogP contribution is 2.52. The summed E-state index contributed by atoms with van der Waals surface area (Å²) in [4.78, 5) is 0. The molecule has 0 heterocycles. The molecule has 0 saturated heterocycles. The van der Waals surface area contributed by atoms with E-state index in [9.17, 15) is 20.4 Å². The Morgan fingerprint density at radius 3 is 1.20 bits per heavy atom. The van der Waals surface area contributed by atoms with Gasteiger partial charge in [0.05, 0.1) is 11.5 Å². The first-order valence-corrected chi connectivity index (χ1v) is 20.2. The minimum atomic E-state index is -1.94.